The number of methoxy groups -OCH3 is 1. The van der Waals surface area contributed by atoms with Crippen molar-refractivity contribution in [3.05, 3.63) is 101 Å². The van der Waals surface area contributed by atoms with E-state index in [4.69, 9.17) is 19.3 Å². The number of phenols is 1. The van der Waals surface area contributed by atoms with Gasteiger partial charge in [-0.3, -0.25) is 9.59 Å². The Morgan fingerprint density at radius 1 is 0.614 bits per heavy atom. The van der Waals surface area contributed by atoms with Crippen molar-refractivity contribution in [1.82, 2.24) is 0 Å². The van der Waals surface area contributed by atoms with E-state index < -0.39 is 27.6 Å². The summed E-state index contributed by atoms with van der Waals surface area (Å²) >= 11 is 0. The molecule has 0 aliphatic heterocycles. The summed E-state index contributed by atoms with van der Waals surface area (Å²) in [7, 11) is 1.97. The van der Waals surface area contributed by atoms with Gasteiger partial charge in [0.25, 0.3) is 0 Å². The third-order valence-electron chi connectivity index (χ3n) is 17.6. The number of carbonyl (C=O) groups excluding carboxylic acids is 2. The number of benzene rings is 3. The Bertz CT molecular complexity index is 2030. The van der Waals surface area contributed by atoms with Crippen molar-refractivity contribution in [2.75, 3.05) is 7.11 Å². The van der Waals surface area contributed by atoms with E-state index in [0.717, 1.165) is 44.1 Å². The van der Waals surface area contributed by atoms with Gasteiger partial charge in [0.15, 0.2) is 0 Å². The van der Waals surface area contributed by atoms with Crippen LogP contribution in [-0.4, -0.2) is 51.2 Å². The molecule has 3 aromatic rings. The molecule has 8 heteroatoms. The molecule has 8 nitrogen and oxygen atoms in total. The number of esters is 2. The monoisotopic (exact) mass is 967 g/mol. The van der Waals surface area contributed by atoms with Gasteiger partial charge < -0.3 is 29.5 Å². The van der Waals surface area contributed by atoms with Crippen LogP contribution < -0.4 is 0 Å². The number of aromatic hydroxyl groups is 1. The molecule has 5 unspecified atom stereocenters. The average molecular weight is 967 g/mol. The molecule has 5 atom stereocenters. The second-order valence-electron chi connectivity index (χ2n) is 23.8. The molecule has 6 aliphatic carbocycles. The predicted molar refractivity (Wildman–Crippen MR) is 284 cm³/mol. The molecule has 0 aromatic heterocycles. The topological polar surface area (TPSA) is 123 Å². The number of rotatable bonds is 15. The Morgan fingerprint density at radius 2 is 1.06 bits per heavy atom. The van der Waals surface area contributed by atoms with Gasteiger partial charge in [0, 0.05) is 26.4 Å². The van der Waals surface area contributed by atoms with Crippen LogP contribution in [0.5, 0.6) is 5.75 Å². The van der Waals surface area contributed by atoms with Gasteiger partial charge in [0.2, 0.25) is 0 Å². The first-order chi connectivity index (χ1) is 33.0. The summed E-state index contributed by atoms with van der Waals surface area (Å²) in [6.07, 6.45) is 18.3. The van der Waals surface area contributed by atoms with E-state index in [2.05, 4.69) is 52.0 Å². The van der Waals surface area contributed by atoms with E-state index in [1.165, 1.54) is 74.5 Å². The molecule has 6 fully saturated rings. The van der Waals surface area contributed by atoms with Gasteiger partial charge in [-0.15, -0.1) is 0 Å². The fourth-order valence-electron chi connectivity index (χ4n) is 12.4. The SMILES string of the molecule is CCC(C)(C)C(=O)OC(C)c1ccccc1.CCC(C)(C)C(=O)OC12CC3CC(O)(CC(O)(C3)C1)C2.CCC(C)c1ccc(C(OC)(C2CCCC2)C2CCCC2)cc1.CCC(C)c1ccc(O)cc1. The van der Waals surface area contributed by atoms with E-state index in [-0.39, 0.29) is 29.6 Å². The predicted octanol–water partition coefficient (Wildman–Crippen LogP) is 15.2. The maximum Gasteiger partial charge on any atom is 0.312 e. The summed E-state index contributed by atoms with van der Waals surface area (Å²) in [6, 6.07) is 26.7. The van der Waals surface area contributed by atoms with Crippen molar-refractivity contribution < 1.29 is 39.1 Å². The van der Waals surface area contributed by atoms with Crippen LogP contribution in [0.25, 0.3) is 0 Å². The molecule has 70 heavy (non-hydrogen) atoms. The zero-order valence-corrected chi connectivity index (χ0v) is 45.6. The summed E-state index contributed by atoms with van der Waals surface area (Å²) in [5, 5.41) is 30.3. The first kappa shape index (κ1) is 57.2. The molecule has 0 saturated heterocycles. The van der Waals surface area contributed by atoms with Crippen molar-refractivity contribution in [2.45, 2.75) is 232 Å². The lowest BCUT2D eigenvalue weighted by Crippen LogP contribution is -2.67. The van der Waals surface area contributed by atoms with Crippen LogP contribution in [0.2, 0.25) is 0 Å². The molecule has 9 rings (SSSR count). The Morgan fingerprint density at radius 3 is 1.47 bits per heavy atom. The highest BCUT2D eigenvalue weighted by molar-refractivity contribution is 5.76. The molecule has 3 aromatic carbocycles. The lowest BCUT2D eigenvalue weighted by atomic mass is 9.50. The number of carbonyl (C=O) groups is 2. The van der Waals surface area contributed by atoms with Crippen LogP contribution in [-0.2, 0) is 29.4 Å². The Labute approximate surface area is 424 Å². The fraction of sp³-hybridized carbons (Fsp3) is 0.677. The van der Waals surface area contributed by atoms with Crippen LogP contribution in [0.15, 0.2) is 78.9 Å². The summed E-state index contributed by atoms with van der Waals surface area (Å²) in [5.74, 6) is 2.96. The van der Waals surface area contributed by atoms with E-state index in [1.807, 2.05) is 98.0 Å². The van der Waals surface area contributed by atoms with Crippen LogP contribution in [0.3, 0.4) is 0 Å². The standard InChI is InChI=1S/C22H34O.C16H26O4.C14H20O2.C10H14O/c1-4-17(2)18-13-15-21(16-14-18)22(23-3,19-9-5-6-10-19)20-11-7-8-12-20;1-4-13(2,3)12(17)20-16-7-11-5-14(18,9-16)8-15(19,6-11)10-16;1-5-14(3,4)13(15)16-11(2)12-9-7-6-8-10-12;1-3-8(2)9-4-6-10(11)7-5-9/h13-17,19-20H,4-12H2,1-3H3;11,18-19H,4-10H2,1-3H3;6-11H,5H2,1-4H3;4-8,11H,3H2,1-2H3. The maximum absolute atomic E-state index is 12.4. The lowest BCUT2D eigenvalue weighted by molar-refractivity contribution is -0.264. The summed E-state index contributed by atoms with van der Waals surface area (Å²) in [5.41, 5.74) is 1.98. The zero-order chi connectivity index (χ0) is 51.5. The highest BCUT2D eigenvalue weighted by Crippen LogP contribution is 2.61. The van der Waals surface area contributed by atoms with Crippen LogP contribution in [0.1, 0.15) is 232 Å². The van der Waals surface area contributed by atoms with Gasteiger partial charge in [-0.1, -0.05) is 134 Å². The van der Waals surface area contributed by atoms with Gasteiger partial charge >= 0.3 is 11.9 Å². The van der Waals surface area contributed by atoms with E-state index >= 15 is 0 Å². The van der Waals surface area contributed by atoms with Gasteiger partial charge in [-0.25, -0.2) is 0 Å². The van der Waals surface area contributed by atoms with Gasteiger partial charge in [-0.2, -0.15) is 0 Å². The number of hydrogen-bond donors (Lipinski definition) is 3. The Hall–Kier alpha value is -3.72. The van der Waals surface area contributed by atoms with E-state index in [9.17, 15) is 19.8 Å². The summed E-state index contributed by atoms with van der Waals surface area (Å²) in [4.78, 5) is 24.3. The van der Waals surface area contributed by atoms with E-state index in [1.54, 1.807) is 12.1 Å². The molecule has 0 spiro atoms. The minimum atomic E-state index is -0.842. The molecule has 0 amide bonds. The third-order valence-corrected chi connectivity index (χ3v) is 17.6. The summed E-state index contributed by atoms with van der Waals surface area (Å²) < 4.78 is 17.7. The fourth-order valence-corrected chi connectivity index (χ4v) is 12.4. The summed E-state index contributed by atoms with van der Waals surface area (Å²) in [6.45, 7) is 22.4. The van der Waals surface area contributed by atoms with Crippen molar-refractivity contribution >= 4 is 11.9 Å². The van der Waals surface area contributed by atoms with Crippen molar-refractivity contribution in [2.24, 2.45) is 28.6 Å². The molecule has 6 saturated carbocycles. The quantitative estimate of drug-likeness (QED) is 0.129. The van der Waals surface area contributed by atoms with E-state index in [0.29, 0.717) is 48.7 Å². The second-order valence-corrected chi connectivity index (χ2v) is 23.8. The van der Waals surface area contributed by atoms with Gasteiger partial charge in [-0.05, 0) is 169 Å². The molecule has 6 aliphatic rings. The number of aliphatic hydroxyl groups is 2. The third kappa shape index (κ3) is 14.1. The zero-order valence-electron chi connectivity index (χ0n) is 45.6. The van der Waals surface area contributed by atoms with Gasteiger partial charge in [0.05, 0.1) is 27.6 Å². The van der Waals surface area contributed by atoms with Gasteiger partial charge in [0.1, 0.15) is 17.5 Å². The average Bonchev–Trinajstić information content (AvgIpc) is 4.09. The molecule has 3 N–H and O–H groups in total. The van der Waals surface area contributed by atoms with Crippen molar-refractivity contribution in [3.63, 3.8) is 0 Å². The second kappa shape index (κ2) is 24.3. The molecule has 390 valence electrons. The van der Waals surface area contributed by atoms with Crippen molar-refractivity contribution in [3.8, 4) is 5.75 Å². The smallest absolute Gasteiger partial charge is 0.312 e. The Kier molecular flexibility index (Phi) is 19.9. The van der Waals surface area contributed by atoms with Crippen LogP contribution in [0.4, 0.5) is 0 Å². The lowest BCUT2D eigenvalue weighted by Gasteiger charge is -2.62. The first-order valence-corrected chi connectivity index (χ1v) is 27.4. The minimum Gasteiger partial charge on any atom is -0.508 e. The Balaban J connectivity index is 0.000000179. The number of ether oxygens (including phenoxy) is 3. The largest absolute Gasteiger partial charge is 0.508 e. The molecule has 0 radical (unpaired) electrons. The molecule has 4 bridgehead atoms. The highest BCUT2D eigenvalue weighted by atomic mass is 16.6. The molecular formula is C62H94O8. The van der Waals surface area contributed by atoms with Crippen LogP contribution in [0, 0.1) is 28.6 Å². The normalized spacial score (nSPS) is 25.5. The number of hydrogen-bond acceptors (Lipinski definition) is 8. The molecular weight excluding hydrogens is 873 g/mol. The van der Waals surface area contributed by atoms with Crippen molar-refractivity contribution in [1.29, 1.82) is 0 Å². The minimum absolute atomic E-state index is 0.0268. The maximum atomic E-state index is 12.4. The first-order valence-electron chi connectivity index (χ1n) is 27.4. The van der Waals surface area contributed by atoms with Crippen LogP contribution >= 0.6 is 0 Å². The highest BCUT2D eigenvalue weighted by Gasteiger charge is 2.65. The molecule has 0 heterocycles. The number of phenolic OH excluding ortho intramolecular Hbond substituents is 1.